The van der Waals surface area contributed by atoms with E-state index in [0.717, 1.165) is 0 Å². The summed E-state index contributed by atoms with van der Waals surface area (Å²) in [5.74, 6) is -1.31. The molecule has 0 unspecified atom stereocenters. The summed E-state index contributed by atoms with van der Waals surface area (Å²) in [6, 6.07) is 5.31. The molecule has 0 aliphatic carbocycles. The fourth-order valence-corrected chi connectivity index (χ4v) is 0.843. The number of phenols is 1. The largest absolute Gasteiger partial charge is 0.508 e. The first-order chi connectivity index (χ1) is 6.15. The van der Waals surface area contributed by atoms with Gasteiger partial charge in [0.15, 0.2) is 5.71 Å². The van der Waals surface area contributed by atoms with E-state index in [4.69, 9.17) is 15.4 Å². The van der Waals surface area contributed by atoms with Gasteiger partial charge in [0.05, 0.1) is 0 Å². The minimum atomic E-state index is -1.33. The number of aromatic hydroxyl groups is 1. The van der Waals surface area contributed by atoms with Crippen molar-refractivity contribution in [2.24, 2.45) is 5.16 Å². The molecule has 0 fully saturated rings. The molecule has 0 aromatic heterocycles. The van der Waals surface area contributed by atoms with E-state index < -0.39 is 11.7 Å². The van der Waals surface area contributed by atoms with Crippen molar-refractivity contribution in [1.82, 2.24) is 0 Å². The molecule has 0 aliphatic heterocycles. The van der Waals surface area contributed by atoms with Gasteiger partial charge in [0.2, 0.25) is 0 Å². The molecule has 1 aromatic rings. The molecule has 3 N–H and O–H groups in total. The van der Waals surface area contributed by atoms with Crippen LogP contribution in [0, 0.1) is 0 Å². The first-order valence-electron chi connectivity index (χ1n) is 3.40. The number of hydrogen-bond donors (Lipinski definition) is 3. The van der Waals surface area contributed by atoms with E-state index >= 15 is 0 Å². The van der Waals surface area contributed by atoms with Gasteiger partial charge >= 0.3 is 5.97 Å². The summed E-state index contributed by atoms with van der Waals surface area (Å²) in [6.07, 6.45) is 0. The van der Waals surface area contributed by atoms with Crippen LogP contribution in [0.15, 0.2) is 29.4 Å². The lowest BCUT2D eigenvalue weighted by molar-refractivity contribution is -0.129. The molecule has 68 valence electrons. The highest BCUT2D eigenvalue weighted by Gasteiger charge is 2.12. The van der Waals surface area contributed by atoms with Crippen molar-refractivity contribution in [2.45, 2.75) is 0 Å². The van der Waals surface area contributed by atoms with Crippen molar-refractivity contribution in [3.63, 3.8) is 0 Å². The zero-order chi connectivity index (χ0) is 9.84. The molecular formula is C8H7NO4. The van der Waals surface area contributed by atoms with E-state index in [2.05, 4.69) is 5.16 Å². The highest BCUT2D eigenvalue weighted by atomic mass is 16.4. The Kier molecular flexibility index (Phi) is 2.49. The first-order valence-corrected chi connectivity index (χ1v) is 3.40. The van der Waals surface area contributed by atoms with Crippen LogP contribution in [-0.4, -0.2) is 27.1 Å². The van der Waals surface area contributed by atoms with Crippen LogP contribution in [0.3, 0.4) is 0 Å². The van der Waals surface area contributed by atoms with Gasteiger partial charge in [-0.15, -0.1) is 0 Å². The van der Waals surface area contributed by atoms with Gasteiger partial charge in [-0.3, -0.25) is 0 Å². The summed E-state index contributed by atoms with van der Waals surface area (Å²) in [4.78, 5) is 10.5. The standard InChI is InChI=1S/C8H7NO4/c10-6-3-1-5(2-4-6)7(9-13)8(11)12/h1-4,10,13H,(H,11,12). The van der Waals surface area contributed by atoms with Crippen LogP contribution in [0.25, 0.3) is 0 Å². The van der Waals surface area contributed by atoms with Gasteiger partial charge in [0.1, 0.15) is 5.75 Å². The molecule has 0 spiro atoms. The fraction of sp³-hybridized carbons (Fsp3) is 0. The van der Waals surface area contributed by atoms with Gasteiger partial charge in [0, 0.05) is 5.56 Å². The number of benzene rings is 1. The van der Waals surface area contributed by atoms with E-state index in [-0.39, 0.29) is 11.3 Å². The van der Waals surface area contributed by atoms with E-state index in [0.29, 0.717) is 0 Å². The lowest BCUT2D eigenvalue weighted by atomic mass is 10.1. The second-order valence-corrected chi connectivity index (χ2v) is 2.30. The zero-order valence-corrected chi connectivity index (χ0v) is 6.51. The average molecular weight is 181 g/mol. The minimum Gasteiger partial charge on any atom is -0.508 e. The van der Waals surface area contributed by atoms with Crippen LogP contribution < -0.4 is 0 Å². The molecular weight excluding hydrogens is 174 g/mol. The third kappa shape index (κ3) is 1.96. The Morgan fingerprint density at radius 1 is 1.23 bits per heavy atom. The molecule has 0 saturated heterocycles. The molecule has 0 bridgehead atoms. The number of oxime groups is 1. The van der Waals surface area contributed by atoms with Crippen molar-refractivity contribution in [2.75, 3.05) is 0 Å². The Balaban J connectivity index is 3.07. The highest BCUT2D eigenvalue weighted by Crippen LogP contribution is 2.10. The quantitative estimate of drug-likeness (QED) is 0.355. The number of carboxylic acids is 1. The van der Waals surface area contributed by atoms with Gasteiger partial charge in [-0.1, -0.05) is 5.16 Å². The molecule has 5 nitrogen and oxygen atoms in total. The van der Waals surface area contributed by atoms with Crippen LogP contribution in [0.4, 0.5) is 0 Å². The second kappa shape index (κ2) is 3.57. The van der Waals surface area contributed by atoms with Crippen molar-refractivity contribution in [1.29, 1.82) is 0 Å². The number of rotatable bonds is 2. The van der Waals surface area contributed by atoms with Gasteiger partial charge in [-0.2, -0.15) is 0 Å². The summed E-state index contributed by atoms with van der Waals surface area (Å²) in [5, 5.41) is 28.4. The third-order valence-corrected chi connectivity index (χ3v) is 1.44. The Labute approximate surface area is 73.6 Å². The topological polar surface area (TPSA) is 90.1 Å². The Hall–Kier alpha value is -2.04. The SMILES string of the molecule is O=C(O)C(=NO)c1ccc(O)cc1. The Morgan fingerprint density at radius 2 is 1.77 bits per heavy atom. The molecule has 0 atom stereocenters. The maximum atomic E-state index is 10.5. The maximum Gasteiger partial charge on any atom is 0.358 e. The summed E-state index contributed by atoms with van der Waals surface area (Å²) >= 11 is 0. The molecule has 13 heavy (non-hydrogen) atoms. The van der Waals surface area contributed by atoms with Crippen molar-refractivity contribution in [3.05, 3.63) is 29.8 Å². The number of hydrogen-bond acceptors (Lipinski definition) is 4. The van der Waals surface area contributed by atoms with E-state index in [1.165, 1.54) is 24.3 Å². The van der Waals surface area contributed by atoms with E-state index in [9.17, 15) is 4.79 Å². The number of aliphatic carboxylic acids is 1. The van der Waals surface area contributed by atoms with Crippen molar-refractivity contribution >= 4 is 11.7 Å². The maximum absolute atomic E-state index is 10.5. The minimum absolute atomic E-state index is 0.0198. The number of carboxylic acid groups (broad SMARTS) is 1. The number of carbonyl (C=O) groups is 1. The van der Waals surface area contributed by atoms with Crippen LogP contribution in [0.5, 0.6) is 5.75 Å². The zero-order valence-electron chi connectivity index (χ0n) is 6.51. The first kappa shape index (κ1) is 9.05. The molecule has 1 rings (SSSR count). The molecule has 0 amide bonds. The van der Waals surface area contributed by atoms with Crippen molar-refractivity contribution < 1.29 is 20.2 Å². The Bertz CT molecular complexity index is 342. The van der Waals surface area contributed by atoms with Crippen molar-refractivity contribution in [3.8, 4) is 5.75 Å². The highest BCUT2D eigenvalue weighted by molar-refractivity contribution is 6.42. The number of nitrogens with zero attached hydrogens (tertiary/aromatic N) is 1. The summed E-state index contributed by atoms with van der Waals surface area (Å²) in [6.45, 7) is 0. The van der Waals surface area contributed by atoms with Crippen LogP contribution in [0.1, 0.15) is 5.56 Å². The van der Waals surface area contributed by atoms with Gasteiger partial charge in [-0.25, -0.2) is 4.79 Å². The summed E-state index contributed by atoms with van der Waals surface area (Å²) in [7, 11) is 0. The fourth-order valence-electron chi connectivity index (χ4n) is 0.843. The molecule has 0 saturated carbocycles. The van der Waals surface area contributed by atoms with E-state index in [1.54, 1.807) is 0 Å². The average Bonchev–Trinajstić information content (AvgIpc) is 2.09. The molecule has 0 aliphatic rings. The lowest BCUT2D eigenvalue weighted by Gasteiger charge is -1.98. The lowest BCUT2D eigenvalue weighted by Crippen LogP contribution is -2.14. The van der Waals surface area contributed by atoms with E-state index in [1.807, 2.05) is 0 Å². The summed E-state index contributed by atoms with van der Waals surface area (Å²) in [5.41, 5.74) is -0.229. The smallest absolute Gasteiger partial charge is 0.358 e. The predicted octanol–water partition coefficient (Wildman–Crippen LogP) is 0.655. The second-order valence-electron chi connectivity index (χ2n) is 2.30. The molecule has 0 radical (unpaired) electrons. The predicted molar refractivity (Wildman–Crippen MR) is 44.1 cm³/mol. The third-order valence-electron chi connectivity index (χ3n) is 1.44. The Morgan fingerprint density at radius 3 is 2.15 bits per heavy atom. The monoisotopic (exact) mass is 181 g/mol. The van der Waals surface area contributed by atoms with Gasteiger partial charge in [-0.05, 0) is 24.3 Å². The van der Waals surface area contributed by atoms with Crippen LogP contribution in [-0.2, 0) is 4.79 Å². The van der Waals surface area contributed by atoms with Crippen LogP contribution in [0.2, 0.25) is 0 Å². The summed E-state index contributed by atoms with van der Waals surface area (Å²) < 4.78 is 0. The molecule has 1 aromatic carbocycles. The van der Waals surface area contributed by atoms with Gasteiger partial charge in [0.25, 0.3) is 0 Å². The normalized spacial score (nSPS) is 11.2. The van der Waals surface area contributed by atoms with Crippen LogP contribution >= 0.6 is 0 Å². The van der Waals surface area contributed by atoms with Gasteiger partial charge < -0.3 is 15.4 Å². The molecule has 0 heterocycles. The molecule has 5 heteroatoms. The number of phenolic OH excluding ortho intramolecular Hbond substituents is 1.